The molecule has 3 aromatic heterocycles. The average Bonchev–Trinajstić information content (AvgIpc) is 3.18. The molecule has 1 unspecified atom stereocenters. The summed E-state index contributed by atoms with van der Waals surface area (Å²) in [6, 6.07) is 8.21. The van der Waals surface area contributed by atoms with Crippen LogP contribution in [-0.2, 0) is 6.54 Å². The zero-order valence-electron chi connectivity index (χ0n) is 11.9. The van der Waals surface area contributed by atoms with E-state index in [-0.39, 0.29) is 6.04 Å². The van der Waals surface area contributed by atoms with Crippen molar-refractivity contribution in [2.24, 2.45) is 0 Å². The maximum atomic E-state index is 5.33. The Balaban J connectivity index is 1.69. The van der Waals surface area contributed by atoms with Crippen LogP contribution in [0.4, 0.5) is 0 Å². The molecule has 0 saturated heterocycles. The Bertz CT molecular complexity index is 681. The summed E-state index contributed by atoms with van der Waals surface area (Å²) in [7, 11) is 2.03. The number of pyridine rings is 1. The molecule has 21 heavy (non-hydrogen) atoms. The van der Waals surface area contributed by atoms with Gasteiger partial charge in [-0.25, -0.2) is 0 Å². The quantitative estimate of drug-likeness (QED) is 0.723. The largest absolute Gasteiger partial charge is 0.338 e. The average molecular weight is 300 g/mol. The van der Waals surface area contributed by atoms with Crippen molar-refractivity contribution in [2.75, 3.05) is 7.05 Å². The third-order valence-corrected chi connectivity index (χ3v) is 4.29. The molecule has 0 bridgehead atoms. The van der Waals surface area contributed by atoms with E-state index in [4.69, 9.17) is 4.52 Å². The Labute approximate surface area is 127 Å². The second kappa shape index (κ2) is 6.15. The van der Waals surface area contributed by atoms with E-state index >= 15 is 0 Å². The SMILES string of the molecule is CC(c1cccnc1)N(C)Cc1nc(-c2cccs2)no1. The molecular formula is C15H16N4OS. The standard InChI is InChI=1S/C15H16N4OS/c1-11(12-5-3-7-16-9-12)19(2)10-14-17-15(18-20-14)13-6-4-8-21-13/h3-9,11H,10H2,1-2H3. The summed E-state index contributed by atoms with van der Waals surface area (Å²) < 4.78 is 5.33. The molecule has 0 radical (unpaired) electrons. The van der Waals surface area contributed by atoms with Gasteiger partial charge in [0.05, 0.1) is 11.4 Å². The van der Waals surface area contributed by atoms with Crippen LogP contribution in [0.15, 0.2) is 46.6 Å². The molecule has 1 atom stereocenters. The van der Waals surface area contributed by atoms with Gasteiger partial charge in [-0.1, -0.05) is 17.3 Å². The summed E-state index contributed by atoms with van der Waals surface area (Å²) in [6.45, 7) is 2.74. The van der Waals surface area contributed by atoms with Crippen LogP contribution in [0, 0.1) is 0 Å². The van der Waals surface area contributed by atoms with Crippen molar-refractivity contribution in [1.82, 2.24) is 20.0 Å². The molecular weight excluding hydrogens is 284 g/mol. The van der Waals surface area contributed by atoms with Crippen molar-refractivity contribution in [3.05, 3.63) is 53.5 Å². The monoisotopic (exact) mass is 300 g/mol. The fraction of sp³-hybridized carbons (Fsp3) is 0.267. The molecule has 0 aromatic carbocycles. The molecule has 0 aliphatic rings. The molecule has 0 aliphatic carbocycles. The van der Waals surface area contributed by atoms with Gasteiger partial charge in [0.1, 0.15) is 0 Å². The van der Waals surface area contributed by atoms with E-state index in [1.54, 1.807) is 17.5 Å². The van der Waals surface area contributed by atoms with Gasteiger partial charge in [-0.3, -0.25) is 9.88 Å². The van der Waals surface area contributed by atoms with E-state index in [2.05, 4.69) is 33.0 Å². The normalized spacial score (nSPS) is 12.7. The van der Waals surface area contributed by atoms with E-state index in [9.17, 15) is 0 Å². The number of aromatic nitrogens is 3. The summed E-state index contributed by atoms with van der Waals surface area (Å²) in [4.78, 5) is 11.8. The molecule has 0 fully saturated rings. The highest BCUT2D eigenvalue weighted by atomic mass is 32.1. The van der Waals surface area contributed by atoms with Crippen LogP contribution in [-0.4, -0.2) is 27.1 Å². The first-order valence-electron chi connectivity index (χ1n) is 6.70. The van der Waals surface area contributed by atoms with E-state index in [1.807, 2.05) is 36.8 Å². The van der Waals surface area contributed by atoms with Crippen LogP contribution in [0.2, 0.25) is 0 Å². The Morgan fingerprint density at radius 3 is 2.95 bits per heavy atom. The number of thiophene rings is 1. The van der Waals surface area contributed by atoms with Gasteiger partial charge in [0, 0.05) is 18.4 Å². The fourth-order valence-electron chi connectivity index (χ4n) is 2.05. The Morgan fingerprint density at radius 2 is 2.24 bits per heavy atom. The van der Waals surface area contributed by atoms with Crippen LogP contribution < -0.4 is 0 Å². The highest BCUT2D eigenvalue weighted by Gasteiger charge is 2.16. The maximum absolute atomic E-state index is 5.33. The first-order valence-corrected chi connectivity index (χ1v) is 7.58. The van der Waals surface area contributed by atoms with Crippen molar-refractivity contribution < 1.29 is 4.52 Å². The van der Waals surface area contributed by atoms with Gasteiger partial charge in [-0.15, -0.1) is 11.3 Å². The van der Waals surface area contributed by atoms with Crippen molar-refractivity contribution in [1.29, 1.82) is 0 Å². The highest BCUT2D eigenvalue weighted by Crippen LogP contribution is 2.23. The third kappa shape index (κ3) is 3.17. The van der Waals surface area contributed by atoms with Gasteiger partial charge in [0.15, 0.2) is 0 Å². The van der Waals surface area contributed by atoms with Crippen molar-refractivity contribution >= 4 is 11.3 Å². The van der Waals surface area contributed by atoms with Crippen molar-refractivity contribution in [3.63, 3.8) is 0 Å². The lowest BCUT2D eigenvalue weighted by Crippen LogP contribution is -2.22. The summed E-state index contributed by atoms with van der Waals surface area (Å²) in [5.74, 6) is 1.28. The zero-order chi connectivity index (χ0) is 14.7. The number of nitrogens with zero attached hydrogens (tertiary/aromatic N) is 4. The summed E-state index contributed by atoms with van der Waals surface area (Å²) in [5, 5.41) is 6.03. The topological polar surface area (TPSA) is 55.1 Å². The Morgan fingerprint density at radius 1 is 1.33 bits per heavy atom. The van der Waals surface area contributed by atoms with Gasteiger partial charge in [0.2, 0.25) is 11.7 Å². The number of rotatable bonds is 5. The van der Waals surface area contributed by atoms with E-state index < -0.39 is 0 Å². The van der Waals surface area contributed by atoms with Crippen molar-refractivity contribution in [2.45, 2.75) is 19.5 Å². The second-order valence-electron chi connectivity index (χ2n) is 4.87. The molecule has 0 aliphatic heterocycles. The highest BCUT2D eigenvalue weighted by molar-refractivity contribution is 7.13. The minimum atomic E-state index is 0.232. The molecule has 3 aromatic rings. The van der Waals surface area contributed by atoms with E-state index in [1.165, 1.54) is 0 Å². The minimum absolute atomic E-state index is 0.232. The van der Waals surface area contributed by atoms with Crippen LogP contribution in [0.3, 0.4) is 0 Å². The Kier molecular flexibility index (Phi) is 4.08. The molecule has 0 spiro atoms. The summed E-state index contributed by atoms with van der Waals surface area (Å²) in [6.07, 6.45) is 3.66. The second-order valence-corrected chi connectivity index (χ2v) is 5.81. The molecule has 0 N–H and O–H groups in total. The predicted molar refractivity (Wildman–Crippen MR) is 81.7 cm³/mol. The smallest absolute Gasteiger partial charge is 0.241 e. The van der Waals surface area contributed by atoms with Crippen LogP contribution in [0.25, 0.3) is 10.7 Å². The van der Waals surface area contributed by atoms with Crippen LogP contribution in [0.5, 0.6) is 0 Å². The lowest BCUT2D eigenvalue weighted by Gasteiger charge is -2.22. The van der Waals surface area contributed by atoms with E-state index in [0.717, 1.165) is 10.4 Å². The molecule has 3 heterocycles. The van der Waals surface area contributed by atoms with Crippen LogP contribution in [0.1, 0.15) is 24.4 Å². The Hall–Kier alpha value is -2.05. The minimum Gasteiger partial charge on any atom is -0.338 e. The zero-order valence-corrected chi connectivity index (χ0v) is 12.7. The molecule has 108 valence electrons. The lowest BCUT2D eigenvalue weighted by molar-refractivity contribution is 0.216. The maximum Gasteiger partial charge on any atom is 0.241 e. The predicted octanol–water partition coefficient (Wildman–Crippen LogP) is 3.39. The van der Waals surface area contributed by atoms with Gasteiger partial charge >= 0.3 is 0 Å². The number of hydrogen-bond acceptors (Lipinski definition) is 6. The van der Waals surface area contributed by atoms with Gasteiger partial charge in [0.25, 0.3) is 0 Å². The van der Waals surface area contributed by atoms with Gasteiger partial charge in [-0.2, -0.15) is 4.98 Å². The molecule has 6 heteroatoms. The van der Waals surface area contributed by atoms with Crippen molar-refractivity contribution in [3.8, 4) is 10.7 Å². The van der Waals surface area contributed by atoms with Gasteiger partial charge in [-0.05, 0) is 37.0 Å². The first-order chi connectivity index (χ1) is 10.2. The lowest BCUT2D eigenvalue weighted by atomic mass is 10.1. The third-order valence-electron chi connectivity index (χ3n) is 3.42. The van der Waals surface area contributed by atoms with Gasteiger partial charge < -0.3 is 4.52 Å². The molecule has 0 amide bonds. The summed E-state index contributed by atoms with van der Waals surface area (Å²) in [5.41, 5.74) is 1.16. The molecule has 3 rings (SSSR count). The van der Waals surface area contributed by atoms with E-state index in [0.29, 0.717) is 18.3 Å². The fourth-order valence-corrected chi connectivity index (χ4v) is 2.70. The first kappa shape index (κ1) is 13.9. The number of hydrogen-bond donors (Lipinski definition) is 0. The summed E-state index contributed by atoms with van der Waals surface area (Å²) >= 11 is 1.60. The molecule has 5 nitrogen and oxygen atoms in total. The molecule has 0 saturated carbocycles. The van der Waals surface area contributed by atoms with Crippen LogP contribution >= 0.6 is 11.3 Å².